The van der Waals surface area contributed by atoms with Crippen LogP contribution in [0.25, 0.3) is 0 Å². The lowest BCUT2D eigenvalue weighted by Gasteiger charge is -2.15. The molecule has 3 aromatic rings. The molecule has 35 heavy (non-hydrogen) atoms. The van der Waals surface area contributed by atoms with Crippen LogP contribution in [-0.2, 0) is 9.53 Å². The minimum absolute atomic E-state index is 0.0186. The number of amides is 3. The summed E-state index contributed by atoms with van der Waals surface area (Å²) in [5, 5.41) is 11.5. The molecule has 0 spiro atoms. The summed E-state index contributed by atoms with van der Waals surface area (Å²) in [6, 6.07) is 23.2. The van der Waals surface area contributed by atoms with Crippen LogP contribution in [0.2, 0.25) is 0 Å². The number of ether oxygens (including phenoxy) is 1. The number of carbonyl (C=O) groups is 3. The summed E-state index contributed by atoms with van der Waals surface area (Å²) in [5.41, 5.74) is 3.24. The molecule has 8 nitrogen and oxygen atoms in total. The van der Waals surface area contributed by atoms with Gasteiger partial charge in [-0.25, -0.2) is 0 Å². The minimum atomic E-state index is -0.255. The quantitative estimate of drug-likeness (QED) is 0.318. The van der Waals surface area contributed by atoms with Gasteiger partial charge < -0.3 is 26.0 Å². The molecule has 0 aliphatic heterocycles. The molecule has 3 aromatic carbocycles. The second kappa shape index (κ2) is 12.9. The lowest BCUT2D eigenvalue weighted by atomic mass is 10.1. The van der Waals surface area contributed by atoms with Crippen molar-refractivity contribution in [1.29, 1.82) is 0 Å². The van der Waals surface area contributed by atoms with Gasteiger partial charge in [-0.05, 0) is 55.0 Å². The molecule has 0 fully saturated rings. The molecule has 0 heterocycles. The van der Waals surface area contributed by atoms with Crippen molar-refractivity contribution < 1.29 is 19.1 Å². The maximum absolute atomic E-state index is 12.7. The largest absolute Gasteiger partial charge is 0.383 e. The Morgan fingerprint density at radius 1 is 0.829 bits per heavy atom. The van der Waals surface area contributed by atoms with Crippen LogP contribution in [0.1, 0.15) is 39.2 Å². The van der Waals surface area contributed by atoms with Crippen molar-refractivity contribution in [3.05, 3.63) is 95.6 Å². The Labute approximate surface area is 205 Å². The van der Waals surface area contributed by atoms with Gasteiger partial charge in [-0.3, -0.25) is 14.4 Å². The van der Waals surface area contributed by atoms with Crippen LogP contribution in [0.4, 0.5) is 11.4 Å². The standard InChI is InChI=1S/C27H30N4O4/c1-19(20-7-4-3-5-8-20)30-27(34)22-9-6-10-24(17-22)29-18-25(32)31-23-13-11-21(12-14-23)26(33)28-15-16-35-2/h3-14,17,19,29H,15-16,18H2,1-2H3,(H,28,33)(H,30,34)(H,31,32). The average molecular weight is 475 g/mol. The van der Waals surface area contributed by atoms with Gasteiger partial charge in [0.25, 0.3) is 11.8 Å². The molecule has 0 saturated carbocycles. The third-order valence-electron chi connectivity index (χ3n) is 5.25. The number of methoxy groups -OCH3 is 1. The highest BCUT2D eigenvalue weighted by atomic mass is 16.5. The van der Waals surface area contributed by atoms with Crippen LogP contribution in [-0.4, -0.2) is 44.5 Å². The van der Waals surface area contributed by atoms with Crippen LogP contribution in [0.15, 0.2) is 78.9 Å². The third-order valence-corrected chi connectivity index (χ3v) is 5.25. The predicted octanol–water partition coefficient (Wildman–Crippen LogP) is 3.60. The molecule has 1 atom stereocenters. The van der Waals surface area contributed by atoms with E-state index in [1.807, 2.05) is 37.3 Å². The highest BCUT2D eigenvalue weighted by Gasteiger charge is 2.12. The second-order valence-corrected chi connectivity index (χ2v) is 7.91. The summed E-state index contributed by atoms with van der Waals surface area (Å²) in [7, 11) is 1.57. The van der Waals surface area contributed by atoms with Gasteiger partial charge in [0.2, 0.25) is 5.91 Å². The highest BCUT2D eigenvalue weighted by molar-refractivity contribution is 5.97. The molecule has 0 bridgehead atoms. The second-order valence-electron chi connectivity index (χ2n) is 7.91. The monoisotopic (exact) mass is 474 g/mol. The van der Waals surface area contributed by atoms with E-state index in [1.165, 1.54) is 0 Å². The van der Waals surface area contributed by atoms with Crippen molar-refractivity contribution in [2.75, 3.05) is 37.4 Å². The smallest absolute Gasteiger partial charge is 0.251 e. The van der Waals surface area contributed by atoms with Crippen LogP contribution in [0, 0.1) is 0 Å². The molecule has 3 rings (SSSR count). The Hall–Kier alpha value is -4.17. The summed E-state index contributed by atoms with van der Waals surface area (Å²) in [4.78, 5) is 37.0. The normalized spacial score (nSPS) is 11.3. The van der Waals surface area contributed by atoms with E-state index < -0.39 is 0 Å². The molecule has 0 aliphatic rings. The van der Waals surface area contributed by atoms with E-state index >= 15 is 0 Å². The van der Waals surface area contributed by atoms with E-state index in [4.69, 9.17) is 4.74 Å². The zero-order valence-electron chi connectivity index (χ0n) is 19.8. The maximum atomic E-state index is 12.7. The fraction of sp³-hybridized carbons (Fsp3) is 0.222. The number of nitrogens with one attached hydrogen (secondary N) is 4. The van der Waals surface area contributed by atoms with Crippen LogP contribution >= 0.6 is 0 Å². The Morgan fingerprint density at radius 3 is 2.29 bits per heavy atom. The van der Waals surface area contributed by atoms with Gasteiger partial charge in [-0.15, -0.1) is 0 Å². The number of hydrogen-bond donors (Lipinski definition) is 4. The molecule has 4 N–H and O–H groups in total. The van der Waals surface area contributed by atoms with Crippen LogP contribution < -0.4 is 21.3 Å². The van der Waals surface area contributed by atoms with Gasteiger partial charge in [0.05, 0.1) is 19.2 Å². The van der Waals surface area contributed by atoms with Crippen LogP contribution in [0.3, 0.4) is 0 Å². The summed E-state index contributed by atoms with van der Waals surface area (Å²) >= 11 is 0. The van der Waals surface area contributed by atoms with Crippen molar-refractivity contribution in [1.82, 2.24) is 10.6 Å². The van der Waals surface area contributed by atoms with Gasteiger partial charge in [0, 0.05) is 36.2 Å². The SMILES string of the molecule is COCCNC(=O)c1ccc(NC(=O)CNc2cccc(C(=O)NC(C)c3ccccc3)c2)cc1. The summed E-state index contributed by atoms with van der Waals surface area (Å²) in [6.07, 6.45) is 0. The average Bonchev–Trinajstić information content (AvgIpc) is 2.88. The first-order chi connectivity index (χ1) is 17.0. The molecular weight excluding hydrogens is 444 g/mol. The summed E-state index contributed by atoms with van der Waals surface area (Å²) in [6.45, 7) is 2.81. The number of anilines is 2. The first-order valence-electron chi connectivity index (χ1n) is 11.3. The van der Waals surface area contributed by atoms with Gasteiger partial charge in [0.15, 0.2) is 0 Å². The lowest BCUT2D eigenvalue weighted by Crippen LogP contribution is -2.27. The van der Waals surface area contributed by atoms with Gasteiger partial charge in [0.1, 0.15) is 0 Å². The molecule has 182 valence electrons. The third kappa shape index (κ3) is 7.97. The number of rotatable bonds is 11. The topological polar surface area (TPSA) is 109 Å². The molecule has 0 aromatic heterocycles. The maximum Gasteiger partial charge on any atom is 0.251 e. The molecule has 0 aliphatic carbocycles. The van der Waals surface area contributed by atoms with Crippen molar-refractivity contribution in [3.8, 4) is 0 Å². The molecule has 3 amide bonds. The molecule has 8 heteroatoms. The Kier molecular flexibility index (Phi) is 9.39. The highest BCUT2D eigenvalue weighted by Crippen LogP contribution is 2.15. The van der Waals surface area contributed by atoms with E-state index in [-0.39, 0.29) is 30.3 Å². The van der Waals surface area contributed by atoms with Gasteiger partial charge in [-0.1, -0.05) is 36.4 Å². The molecule has 0 radical (unpaired) electrons. The van der Waals surface area contributed by atoms with E-state index in [0.29, 0.717) is 35.7 Å². The Bertz CT molecular complexity index is 1130. The number of hydrogen-bond acceptors (Lipinski definition) is 5. The van der Waals surface area contributed by atoms with Crippen molar-refractivity contribution >= 4 is 29.1 Å². The zero-order chi connectivity index (χ0) is 25.0. The molecule has 0 saturated heterocycles. The zero-order valence-corrected chi connectivity index (χ0v) is 19.8. The predicted molar refractivity (Wildman–Crippen MR) is 137 cm³/mol. The lowest BCUT2D eigenvalue weighted by molar-refractivity contribution is -0.114. The molecular formula is C27H30N4O4. The molecule has 1 unspecified atom stereocenters. The van der Waals surface area contributed by atoms with E-state index in [0.717, 1.165) is 5.56 Å². The Balaban J connectivity index is 1.49. The summed E-state index contributed by atoms with van der Waals surface area (Å²) in [5.74, 6) is -0.653. The van der Waals surface area contributed by atoms with Crippen molar-refractivity contribution in [2.24, 2.45) is 0 Å². The van der Waals surface area contributed by atoms with E-state index in [2.05, 4.69) is 21.3 Å². The fourth-order valence-corrected chi connectivity index (χ4v) is 3.34. The first kappa shape index (κ1) is 25.5. The number of benzene rings is 3. The van der Waals surface area contributed by atoms with Crippen molar-refractivity contribution in [2.45, 2.75) is 13.0 Å². The fourth-order valence-electron chi connectivity index (χ4n) is 3.34. The van der Waals surface area contributed by atoms with Gasteiger partial charge >= 0.3 is 0 Å². The van der Waals surface area contributed by atoms with E-state index in [9.17, 15) is 14.4 Å². The Morgan fingerprint density at radius 2 is 1.57 bits per heavy atom. The van der Waals surface area contributed by atoms with E-state index in [1.54, 1.807) is 55.6 Å². The van der Waals surface area contributed by atoms with Gasteiger partial charge in [-0.2, -0.15) is 0 Å². The minimum Gasteiger partial charge on any atom is -0.383 e. The first-order valence-corrected chi connectivity index (χ1v) is 11.3. The number of carbonyl (C=O) groups excluding carboxylic acids is 3. The summed E-state index contributed by atoms with van der Waals surface area (Å²) < 4.78 is 4.91. The van der Waals surface area contributed by atoms with Crippen LogP contribution in [0.5, 0.6) is 0 Å². The van der Waals surface area contributed by atoms with Crippen molar-refractivity contribution in [3.63, 3.8) is 0 Å².